The van der Waals surface area contributed by atoms with Crippen LogP contribution in [0.1, 0.15) is 31.8 Å². The number of carbonyl (C=O) groups is 2. The highest BCUT2D eigenvalue weighted by Gasteiger charge is 2.21. The van der Waals surface area contributed by atoms with E-state index in [9.17, 15) is 19.2 Å². The number of nitrogens with zero attached hydrogens (tertiary/aromatic N) is 2. The van der Waals surface area contributed by atoms with Gasteiger partial charge in [0, 0.05) is 14.1 Å². The molecule has 3 rings (SSSR count). The van der Waals surface area contributed by atoms with Crippen molar-refractivity contribution < 1.29 is 19.1 Å². The number of anilines is 1. The molecule has 3 aromatic rings. The molecule has 1 heterocycles. The van der Waals surface area contributed by atoms with Crippen molar-refractivity contribution in [3.05, 3.63) is 91.6 Å². The zero-order chi connectivity index (χ0) is 23.4. The van der Waals surface area contributed by atoms with Crippen LogP contribution in [0.2, 0.25) is 0 Å². The Kier molecular flexibility index (Phi) is 6.58. The summed E-state index contributed by atoms with van der Waals surface area (Å²) < 4.78 is 12.5. The maximum atomic E-state index is 12.5. The van der Waals surface area contributed by atoms with Gasteiger partial charge in [0.15, 0.2) is 6.61 Å². The third-order valence-electron chi connectivity index (χ3n) is 4.88. The Morgan fingerprint density at radius 3 is 2.44 bits per heavy atom. The summed E-state index contributed by atoms with van der Waals surface area (Å²) >= 11 is 0. The maximum Gasteiger partial charge on any atom is 0.338 e. The molecular formula is C23H23N3O6. The summed E-state index contributed by atoms with van der Waals surface area (Å²) in [6, 6.07) is 14.2. The molecule has 0 aliphatic heterocycles. The van der Waals surface area contributed by atoms with Gasteiger partial charge in [-0.15, -0.1) is 0 Å². The average molecular weight is 437 g/mol. The minimum Gasteiger partial charge on any atom is -0.489 e. The van der Waals surface area contributed by atoms with E-state index in [0.717, 1.165) is 20.3 Å². The Morgan fingerprint density at radius 2 is 1.72 bits per heavy atom. The van der Waals surface area contributed by atoms with Crippen LogP contribution in [0.25, 0.3) is 0 Å². The molecule has 0 fully saturated rings. The molecule has 0 aliphatic carbocycles. The van der Waals surface area contributed by atoms with E-state index >= 15 is 0 Å². The van der Waals surface area contributed by atoms with Crippen LogP contribution >= 0.6 is 0 Å². The highest BCUT2D eigenvalue weighted by atomic mass is 16.5. The van der Waals surface area contributed by atoms with Gasteiger partial charge < -0.3 is 15.2 Å². The smallest absolute Gasteiger partial charge is 0.338 e. The Bertz CT molecular complexity index is 1310. The average Bonchev–Trinajstić information content (AvgIpc) is 2.79. The minimum atomic E-state index is -0.849. The second-order valence-corrected chi connectivity index (χ2v) is 7.27. The van der Waals surface area contributed by atoms with Crippen LogP contribution in [-0.2, 0) is 25.4 Å². The Balaban J connectivity index is 1.68. The predicted octanol–water partition coefficient (Wildman–Crippen LogP) is 1.59. The lowest BCUT2D eigenvalue weighted by Gasteiger charge is -2.11. The number of rotatable bonds is 7. The molecule has 9 nitrogen and oxygen atoms in total. The molecule has 0 radical (unpaired) electrons. The normalized spacial score (nSPS) is 10.6. The number of aromatic nitrogens is 2. The number of carbonyl (C=O) groups excluding carboxylic acids is 2. The first-order chi connectivity index (χ1) is 15.2. The van der Waals surface area contributed by atoms with Crippen molar-refractivity contribution in [2.75, 3.05) is 12.3 Å². The van der Waals surface area contributed by atoms with Crippen LogP contribution in [0.15, 0.2) is 58.1 Å². The van der Waals surface area contributed by atoms with Crippen LogP contribution in [0.4, 0.5) is 5.82 Å². The fourth-order valence-corrected chi connectivity index (χ4v) is 3.09. The summed E-state index contributed by atoms with van der Waals surface area (Å²) in [4.78, 5) is 49.0. The Hall–Kier alpha value is -4.14. The van der Waals surface area contributed by atoms with Gasteiger partial charge in [0.2, 0.25) is 5.78 Å². The van der Waals surface area contributed by atoms with Crippen molar-refractivity contribution in [3.8, 4) is 5.75 Å². The molecule has 166 valence electrons. The number of hydrogen-bond acceptors (Lipinski definition) is 7. The summed E-state index contributed by atoms with van der Waals surface area (Å²) in [6.45, 7) is 1.61. The Labute approximate surface area is 183 Å². The molecule has 0 spiro atoms. The van der Waals surface area contributed by atoms with E-state index in [1.807, 2.05) is 31.2 Å². The number of ketones is 1. The number of nitrogens with two attached hydrogens (primary N) is 1. The monoisotopic (exact) mass is 437 g/mol. The number of nitrogen functional groups attached to an aromatic ring is 1. The zero-order valence-electron chi connectivity index (χ0n) is 18.0. The van der Waals surface area contributed by atoms with Crippen LogP contribution in [0, 0.1) is 6.92 Å². The van der Waals surface area contributed by atoms with Gasteiger partial charge in [-0.05, 0) is 30.7 Å². The van der Waals surface area contributed by atoms with Crippen molar-refractivity contribution in [3.63, 3.8) is 0 Å². The SMILES string of the molecule is Cc1cccc(COc2cccc(C(=O)OCC(=O)c3c(N)n(C)c(=O)n(C)c3=O)c2)c1. The van der Waals surface area contributed by atoms with Gasteiger partial charge in [0.25, 0.3) is 5.56 Å². The van der Waals surface area contributed by atoms with E-state index in [2.05, 4.69) is 0 Å². The lowest BCUT2D eigenvalue weighted by Crippen LogP contribution is -2.42. The first kappa shape index (κ1) is 22.5. The third-order valence-corrected chi connectivity index (χ3v) is 4.88. The molecule has 0 saturated heterocycles. The largest absolute Gasteiger partial charge is 0.489 e. The predicted molar refractivity (Wildman–Crippen MR) is 118 cm³/mol. The van der Waals surface area contributed by atoms with E-state index in [1.54, 1.807) is 12.1 Å². The van der Waals surface area contributed by atoms with Gasteiger partial charge >= 0.3 is 11.7 Å². The highest BCUT2D eigenvalue weighted by Crippen LogP contribution is 2.17. The van der Waals surface area contributed by atoms with Crippen LogP contribution < -0.4 is 21.7 Å². The molecule has 2 aromatic carbocycles. The first-order valence-corrected chi connectivity index (χ1v) is 9.73. The number of aryl methyl sites for hydroxylation is 1. The molecule has 0 saturated carbocycles. The van der Waals surface area contributed by atoms with Crippen molar-refractivity contribution in [1.82, 2.24) is 9.13 Å². The number of esters is 1. The van der Waals surface area contributed by atoms with Gasteiger partial charge in [-0.2, -0.15) is 0 Å². The second kappa shape index (κ2) is 9.34. The first-order valence-electron chi connectivity index (χ1n) is 9.73. The van der Waals surface area contributed by atoms with Crippen LogP contribution in [0.5, 0.6) is 5.75 Å². The highest BCUT2D eigenvalue weighted by molar-refractivity contribution is 6.02. The molecule has 2 N–H and O–H groups in total. The van der Waals surface area contributed by atoms with Crippen molar-refractivity contribution in [2.24, 2.45) is 14.1 Å². The third kappa shape index (κ3) is 4.77. The number of Topliss-reactive ketones (excluding diaryl/α,β-unsaturated/α-hetero) is 1. The Morgan fingerprint density at radius 1 is 1.00 bits per heavy atom. The van der Waals surface area contributed by atoms with E-state index in [-0.39, 0.29) is 11.4 Å². The number of hydrogen-bond donors (Lipinski definition) is 1. The van der Waals surface area contributed by atoms with Gasteiger partial charge in [-0.3, -0.25) is 18.7 Å². The molecular weight excluding hydrogens is 414 g/mol. The van der Waals surface area contributed by atoms with Crippen molar-refractivity contribution >= 4 is 17.6 Å². The van der Waals surface area contributed by atoms with Gasteiger partial charge in [0.1, 0.15) is 23.7 Å². The quantitative estimate of drug-likeness (QED) is 0.440. The molecule has 32 heavy (non-hydrogen) atoms. The summed E-state index contributed by atoms with van der Waals surface area (Å²) in [5.74, 6) is -1.40. The molecule has 0 unspecified atom stereocenters. The summed E-state index contributed by atoms with van der Waals surface area (Å²) in [5, 5.41) is 0. The van der Waals surface area contributed by atoms with Crippen LogP contribution in [0.3, 0.4) is 0 Å². The zero-order valence-corrected chi connectivity index (χ0v) is 18.0. The molecule has 0 bridgehead atoms. The lowest BCUT2D eigenvalue weighted by atomic mass is 10.1. The maximum absolute atomic E-state index is 12.5. The fraction of sp³-hybridized carbons (Fsp3) is 0.217. The van der Waals surface area contributed by atoms with Gasteiger partial charge in [-0.1, -0.05) is 35.9 Å². The van der Waals surface area contributed by atoms with Gasteiger partial charge in [0.05, 0.1) is 5.56 Å². The number of ether oxygens (including phenoxy) is 2. The van der Waals surface area contributed by atoms with E-state index < -0.39 is 35.2 Å². The van der Waals surface area contributed by atoms with Crippen molar-refractivity contribution in [2.45, 2.75) is 13.5 Å². The number of benzene rings is 2. The standard InChI is InChI=1S/C23H23N3O6/c1-14-6-4-7-15(10-14)12-31-17-9-5-8-16(11-17)22(29)32-13-18(27)19-20(24)25(2)23(30)26(3)21(19)28/h4-11H,12-13,24H2,1-3H3. The topological polar surface area (TPSA) is 123 Å². The van der Waals surface area contributed by atoms with Crippen molar-refractivity contribution in [1.29, 1.82) is 0 Å². The van der Waals surface area contributed by atoms with E-state index in [1.165, 1.54) is 26.2 Å². The molecule has 0 aliphatic rings. The molecule has 0 amide bonds. The van der Waals surface area contributed by atoms with E-state index in [0.29, 0.717) is 12.4 Å². The lowest BCUT2D eigenvalue weighted by molar-refractivity contribution is 0.0473. The molecule has 9 heteroatoms. The molecule has 0 atom stereocenters. The van der Waals surface area contributed by atoms with E-state index in [4.69, 9.17) is 15.2 Å². The summed E-state index contributed by atoms with van der Waals surface area (Å²) in [7, 11) is 2.57. The molecule has 1 aromatic heterocycles. The summed E-state index contributed by atoms with van der Waals surface area (Å²) in [5.41, 5.74) is 6.12. The van der Waals surface area contributed by atoms with Gasteiger partial charge in [-0.25, -0.2) is 9.59 Å². The fourth-order valence-electron chi connectivity index (χ4n) is 3.09. The van der Waals surface area contributed by atoms with Crippen LogP contribution in [-0.4, -0.2) is 27.5 Å². The summed E-state index contributed by atoms with van der Waals surface area (Å²) in [6.07, 6.45) is 0. The minimum absolute atomic E-state index is 0.181. The second-order valence-electron chi connectivity index (χ2n) is 7.27.